The molecule has 0 saturated carbocycles. The lowest BCUT2D eigenvalue weighted by Gasteiger charge is -2.18. The van der Waals surface area contributed by atoms with Crippen LogP contribution in [0.25, 0.3) is 6.08 Å². The van der Waals surface area contributed by atoms with Crippen LogP contribution >= 0.6 is 11.8 Å². The van der Waals surface area contributed by atoms with Crippen molar-refractivity contribution in [2.24, 2.45) is 4.99 Å². The number of rotatable bonds is 3. The highest BCUT2D eigenvalue weighted by molar-refractivity contribution is 8.18. The molecule has 0 radical (unpaired) electrons. The van der Waals surface area contributed by atoms with E-state index in [1.165, 1.54) is 29.5 Å². The molecule has 140 valence electrons. The molecule has 1 saturated heterocycles. The van der Waals surface area contributed by atoms with Crippen LogP contribution < -0.4 is 0 Å². The molecule has 5 heteroatoms. The van der Waals surface area contributed by atoms with E-state index in [0.717, 1.165) is 5.56 Å². The number of likely N-dealkylation sites (N-methyl/N-ethyl adjacent to an activating group) is 1. The molecule has 2 aromatic rings. The lowest BCUT2D eigenvalue weighted by atomic mass is 9.87. The van der Waals surface area contributed by atoms with Crippen LogP contribution in [-0.2, 0) is 10.2 Å². The number of carbonyl (C=O) groups is 1. The van der Waals surface area contributed by atoms with Gasteiger partial charge in [0.2, 0.25) is 0 Å². The second-order valence-corrected chi connectivity index (χ2v) is 8.41. The average Bonchev–Trinajstić information content (AvgIpc) is 2.91. The maximum absolute atomic E-state index is 13.1. The van der Waals surface area contributed by atoms with Crippen LogP contribution in [0.1, 0.15) is 38.8 Å². The van der Waals surface area contributed by atoms with Crippen LogP contribution in [0.4, 0.5) is 10.1 Å². The lowest BCUT2D eigenvalue weighted by molar-refractivity contribution is -0.122. The molecule has 1 aliphatic heterocycles. The normalized spacial score (nSPS) is 18.0. The summed E-state index contributed by atoms with van der Waals surface area (Å²) in [5.41, 5.74) is 2.96. The summed E-state index contributed by atoms with van der Waals surface area (Å²) in [6.07, 6.45) is 1.90. The van der Waals surface area contributed by atoms with Crippen LogP contribution in [-0.4, -0.2) is 22.5 Å². The van der Waals surface area contributed by atoms with Gasteiger partial charge in [0.05, 0.1) is 10.6 Å². The molecular weight excluding hydrogens is 359 g/mol. The van der Waals surface area contributed by atoms with E-state index in [1.807, 2.05) is 25.1 Å². The molecule has 0 aromatic heterocycles. The van der Waals surface area contributed by atoms with Gasteiger partial charge in [-0.2, -0.15) is 0 Å². The molecule has 1 fully saturated rings. The lowest BCUT2D eigenvalue weighted by Crippen LogP contribution is -2.28. The van der Waals surface area contributed by atoms with Gasteiger partial charge in [-0.05, 0) is 65.6 Å². The molecule has 27 heavy (non-hydrogen) atoms. The smallest absolute Gasteiger partial charge is 0.266 e. The third-order valence-electron chi connectivity index (χ3n) is 4.33. The van der Waals surface area contributed by atoms with Crippen LogP contribution in [0.3, 0.4) is 0 Å². The van der Waals surface area contributed by atoms with Crippen molar-refractivity contribution in [3.8, 4) is 0 Å². The van der Waals surface area contributed by atoms with Crippen molar-refractivity contribution in [2.45, 2.75) is 33.1 Å². The zero-order chi connectivity index (χ0) is 19.6. The van der Waals surface area contributed by atoms with Crippen molar-refractivity contribution in [3.05, 3.63) is 70.4 Å². The Bertz CT molecular complexity index is 893. The predicted octanol–water partition coefficient (Wildman–Crippen LogP) is 5.75. The van der Waals surface area contributed by atoms with Crippen molar-refractivity contribution < 1.29 is 9.18 Å². The zero-order valence-corrected chi connectivity index (χ0v) is 16.8. The molecule has 0 spiro atoms. The third-order valence-corrected chi connectivity index (χ3v) is 5.34. The minimum Gasteiger partial charge on any atom is -0.287 e. The molecule has 0 aliphatic carbocycles. The molecular formula is C22H23FN2OS. The number of nitrogens with zero attached hydrogens (tertiary/aromatic N) is 2. The molecule has 0 atom stereocenters. The topological polar surface area (TPSA) is 32.7 Å². The number of carbonyl (C=O) groups excluding carboxylic acids is 1. The van der Waals surface area contributed by atoms with Crippen molar-refractivity contribution in [1.29, 1.82) is 0 Å². The van der Waals surface area contributed by atoms with E-state index in [-0.39, 0.29) is 17.1 Å². The zero-order valence-electron chi connectivity index (χ0n) is 16.0. The highest BCUT2D eigenvalue weighted by Crippen LogP contribution is 2.34. The first-order valence-corrected chi connectivity index (χ1v) is 9.76. The minimum absolute atomic E-state index is 0.0525. The largest absolute Gasteiger partial charge is 0.287 e. The Morgan fingerprint density at radius 3 is 2.26 bits per heavy atom. The Labute approximate surface area is 164 Å². The van der Waals surface area contributed by atoms with E-state index in [4.69, 9.17) is 0 Å². The Kier molecular flexibility index (Phi) is 5.51. The summed E-state index contributed by atoms with van der Waals surface area (Å²) >= 11 is 1.35. The quantitative estimate of drug-likeness (QED) is 0.634. The first-order chi connectivity index (χ1) is 12.8. The van der Waals surface area contributed by atoms with Crippen molar-refractivity contribution >= 4 is 34.6 Å². The van der Waals surface area contributed by atoms with E-state index in [9.17, 15) is 9.18 Å². The second kappa shape index (κ2) is 7.69. The Morgan fingerprint density at radius 2 is 1.70 bits per heavy atom. The SMILES string of the molecule is CCN1C(=O)/C(=C\c2ccc(C(C)(C)C)cc2)SC1=Nc1ccc(F)cc1. The average molecular weight is 383 g/mol. The molecule has 3 rings (SSSR count). The summed E-state index contributed by atoms with van der Waals surface area (Å²) in [4.78, 5) is 19.5. The molecule has 1 aliphatic rings. The van der Waals surface area contributed by atoms with Gasteiger partial charge in [0.25, 0.3) is 5.91 Å². The summed E-state index contributed by atoms with van der Waals surface area (Å²) in [6, 6.07) is 14.2. The van der Waals surface area contributed by atoms with E-state index in [2.05, 4.69) is 37.9 Å². The Morgan fingerprint density at radius 1 is 1.07 bits per heavy atom. The number of thioether (sulfide) groups is 1. The maximum Gasteiger partial charge on any atom is 0.266 e. The van der Waals surface area contributed by atoms with Gasteiger partial charge in [0.15, 0.2) is 5.17 Å². The fourth-order valence-electron chi connectivity index (χ4n) is 2.73. The van der Waals surface area contributed by atoms with E-state index in [0.29, 0.717) is 22.3 Å². The maximum atomic E-state index is 13.1. The fourth-order valence-corrected chi connectivity index (χ4v) is 3.79. The first-order valence-electron chi connectivity index (χ1n) is 8.94. The van der Waals surface area contributed by atoms with Crippen LogP contribution in [0.2, 0.25) is 0 Å². The van der Waals surface area contributed by atoms with Gasteiger partial charge >= 0.3 is 0 Å². The summed E-state index contributed by atoms with van der Waals surface area (Å²) in [5.74, 6) is -0.357. The van der Waals surface area contributed by atoms with Crippen LogP contribution in [0.5, 0.6) is 0 Å². The molecule has 0 bridgehead atoms. The van der Waals surface area contributed by atoms with E-state index >= 15 is 0 Å². The minimum atomic E-state index is -0.305. The standard InChI is InChI=1S/C22H23FN2OS/c1-5-25-20(26)19(14-15-6-8-16(9-7-15)22(2,3)4)27-21(25)24-18-12-10-17(23)11-13-18/h6-14H,5H2,1-4H3/b19-14+,24-21?. The highest BCUT2D eigenvalue weighted by atomic mass is 32.2. The van der Waals surface area contributed by atoms with Gasteiger partial charge in [0, 0.05) is 6.54 Å². The Hall–Kier alpha value is -2.40. The summed E-state index contributed by atoms with van der Waals surface area (Å²) in [5, 5.41) is 0.617. The van der Waals surface area contributed by atoms with Crippen LogP contribution in [0, 0.1) is 5.82 Å². The van der Waals surface area contributed by atoms with E-state index in [1.54, 1.807) is 17.0 Å². The van der Waals surface area contributed by atoms with Gasteiger partial charge in [-0.25, -0.2) is 9.38 Å². The second-order valence-electron chi connectivity index (χ2n) is 7.40. The number of aliphatic imine (C=N–C) groups is 1. The fraction of sp³-hybridized carbons (Fsp3) is 0.273. The number of hydrogen-bond acceptors (Lipinski definition) is 3. The van der Waals surface area contributed by atoms with Gasteiger partial charge < -0.3 is 0 Å². The molecule has 3 nitrogen and oxygen atoms in total. The van der Waals surface area contributed by atoms with Gasteiger partial charge in [-0.15, -0.1) is 0 Å². The van der Waals surface area contributed by atoms with E-state index < -0.39 is 0 Å². The van der Waals surface area contributed by atoms with Crippen molar-refractivity contribution in [3.63, 3.8) is 0 Å². The predicted molar refractivity (Wildman–Crippen MR) is 112 cm³/mol. The molecule has 1 amide bonds. The van der Waals surface area contributed by atoms with Crippen molar-refractivity contribution in [2.75, 3.05) is 6.54 Å². The highest BCUT2D eigenvalue weighted by Gasteiger charge is 2.32. The molecule has 1 heterocycles. The Balaban J connectivity index is 1.87. The summed E-state index contributed by atoms with van der Waals surface area (Å²) in [6.45, 7) is 8.97. The molecule has 2 aromatic carbocycles. The van der Waals surface area contributed by atoms with Gasteiger partial charge in [-0.3, -0.25) is 9.69 Å². The summed E-state index contributed by atoms with van der Waals surface area (Å²) < 4.78 is 13.1. The number of hydrogen-bond donors (Lipinski definition) is 0. The molecule has 0 unspecified atom stereocenters. The van der Waals surface area contributed by atoms with Gasteiger partial charge in [0.1, 0.15) is 5.82 Å². The van der Waals surface area contributed by atoms with Crippen molar-refractivity contribution in [1.82, 2.24) is 4.90 Å². The monoisotopic (exact) mass is 382 g/mol. The number of amidine groups is 1. The third kappa shape index (κ3) is 4.48. The molecule has 0 N–H and O–H groups in total. The van der Waals surface area contributed by atoms with Crippen LogP contribution in [0.15, 0.2) is 58.4 Å². The number of benzene rings is 2. The van der Waals surface area contributed by atoms with Gasteiger partial charge in [-0.1, -0.05) is 45.0 Å². The number of amides is 1. The summed E-state index contributed by atoms with van der Waals surface area (Å²) in [7, 11) is 0. The number of halogens is 1. The first kappa shape index (κ1) is 19.4.